The van der Waals surface area contributed by atoms with E-state index in [1.807, 2.05) is 37.3 Å². The van der Waals surface area contributed by atoms with E-state index in [2.05, 4.69) is 15.6 Å². The van der Waals surface area contributed by atoms with Gasteiger partial charge in [0, 0.05) is 27.2 Å². The maximum absolute atomic E-state index is 13.3. The van der Waals surface area contributed by atoms with Crippen molar-refractivity contribution in [3.63, 3.8) is 0 Å². The van der Waals surface area contributed by atoms with Crippen LogP contribution in [0.1, 0.15) is 5.56 Å². The maximum atomic E-state index is 13.3. The van der Waals surface area contributed by atoms with Gasteiger partial charge in [0.25, 0.3) is 0 Å². The molecule has 4 nitrogen and oxygen atoms in total. The summed E-state index contributed by atoms with van der Waals surface area (Å²) in [5.41, 5.74) is 4.51. The van der Waals surface area contributed by atoms with Gasteiger partial charge in [-0.2, -0.15) is 0 Å². The number of fused-ring (bicyclic) bond motifs is 1. The Hall–Kier alpha value is -3.31. The minimum Gasteiger partial charge on any atom is -0.353 e. The largest absolute Gasteiger partial charge is 0.353 e. The van der Waals surface area contributed by atoms with Crippen LogP contribution in [0.4, 0.5) is 20.6 Å². The minimum absolute atomic E-state index is 0.316. The van der Waals surface area contributed by atoms with Crippen molar-refractivity contribution in [3.8, 4) is 11.3 Å². The highest BCUT2D eigenvalue weighted by Crippen LogP contribution is 2.35. The lowest BCUT2D eigenvalue weighted by atomic mass is 10.1. The lowest BCUT2D eigenvalue weighted by molar-refractivity contribution is 0.262. The van der Waals surface area contributed by atoms with Crippen molar-refractivity contribution < 1.29 is 9.18 Å². The third-order valence-electron chi connectivity index (χ3n) is 4.53. The topological polar surface area (TPSA) is 56.9 Å². The van der Waals surface area contributed by atoms with Crippen molar-refractivity contribution in [1.82, 2.24) is 4.98 Å². The Morgan fingerprint density at radius 1 is 1.00 bits per heavy atom. The van der Waals surface area contributed by atoms with Gasteiger partial charge >= 0.3 is 6.03 Å². The lowest BCUT2D eigenvalue weighted by Crippen LogP contribution is -2.20. The van der Waals surface area contributed by atoms with E-state index < -0.39 is 6.03 Å². The van der Waals surface area contributed by atoms with Crippen LogP contribution in [0.2, 0.25) is 5.02 Å². The minimum atomic E-state index is -0.390. The smallest absolute Gasteiger partial charge is 0.323 e. The monoisotopic (exact) mass is 393 g/mol. The van der Waals surface area contributed by atoms with Gasteiger partial charge in [-0.05, 0) is 55.0 Å². The summed E-state index contributed by atoms with van der Waals surface area (Å²) in [6, 6.07) is 18.7. The highest BCUT2D eigenvalue weighted by Gasteiger charge is 2.16. The van der Waals surface area contributed by atoms with E-state index in [-0.39, 0.29) is 5.82 Å². The second-order valence-electron chi connectivity index (χ2n) is 6.47. The molecular formula is C22H17ClFN3O. The van der Waals surface area contributed by atoms with Crippen molar-refractivity contribution >= 4 is 39.9 Å². The maximum Gasteiger partial charge on any atom is 0.323 e. The summed E-state index contributed by atoms with van der Waals surface area (Å²) in [7, 11) is 0. The summed E-state index contributed by atoms with van der Waals surface area (Å²) < 4.78 is 13.3. The highest BCUT2D eigenvalue weighted by molar-refractivity contribution is 6.31. The van der Waals surface area contributed by atoms with Crippen LogP contribution in [0, 0.1) is 12.7 Å². The van der Waals surface area contributed by atoms with E-state index >= 15 is 0 Å². The number of halogens is 2. The number of para-hydroxylation sites is 1. The van der Waals surface area contributed by atoms with E-state index in [1.54, 1.807) is 24.3 Å². The van der Waals surface area contributed by atoms with Gasteiger partial charge in [-0.15, -0.1) is 0 Å². The van der Waals surface area contributed by atoms with Crippen LogP contribution in [0.25, 0.3) is 22.2 Å². The van der Waals surface area contributed by atoms with E-state index in [4.69, 9.17) is 11.6 Å². The predicted octanol–water partition coefficient (Wildman–Crippen LogP) is 6.58. The van der Waals surface area contributed by atoms with Crippen LogP contribution in [0.5, 0.6) is 0 Å². The Bertz CT molecular complexity index is 1170. The molecule has 0 radical (unpaired) electrons. The van der Waals surface area contributed by atoms with E-state index in [0.717, 1.165) is 22.0 Å². The summed E-state index contributed by atoms with van der Waals surface area (Å²) in [6.07, 6.45) is 0. The first-order valence-electron chi connectivity index (χ1n) is 8.72. The van der Waals surface area contributed by atoms with Gasteiger partial charge < -0.3 is 15.6 Å². The number of anilines is 2. The van der Waals surface area contributed by atoms with Crippen LogP contribution in [-0.4, -0.2) is 11.0 Å². The number of nitrogens with one attached hydrogen (secondary N) is 3. The zero-order valence-electron chi connectivity index (χ0n) is 15.0. The van der Waals surface area contributed by atoms with Crippen molar-refractivity contribution in [3.05, 3.63) is 83.1 Å². The van der Waals surface area contributed by atoms with Crippen LogP contribution in [-0.2, 0) is 0 Å². The van der Waals surface area contributed by atoms with Crippen LogP contribution < -0.4 is 10.6 Å². The lowest BCUT2D eigenvalue weighted by Gasteiger charge is -2.11. The van der Waals surface area contributed by atoms with E-state index in [0.29, 0.717) is 22.1 Å². The number of aryl methyl sites for hydroxylation is 1. The molecule has 4 rings (SSSR count). The second kappa shape index (κ2) is 7.37. The van der Waals surface area contributed by atoms with Crippen molar-refractivity contribution in [2.45, 2.75) is 6.92 Å². The number of rotatable bonds is 3. The number of carbonyl (C=O) groups excluding carboxylic acids is 1. The fourth-order valence-electron chi connectivity index (χ4n) is 3.10. The number of aromatic nitrogens is 1. The van der Waals surface area contributed by atoms with Crippen LogP contribution in [0.3, 0.4) is 0 Å². The summed E-state index contributed by atoms with van der Waals surface area (Å²) in [6.45, 7) is 1.89. The Balaban J connectivity index is 1.71. The molecule has 28 heavy (non-hydrogen) atoms. The molecule has 0 saturated heterocycles. The SMILES string of the molecule is Cc1ccc(Cl)cc1NC(=O)Nc1c(-c2ccc(F)cc2)[nH]c2ccccc12. The average Bonchev–Trinajstić information content (AvgIpc) is 3.04. The first kappa shape index (κ1) is 18.1. The molecular weight excluding hydrogens is 377 g/mol. The van der Waals surface area contributed by atoms with Gasteiger partial charge in [0.05, 0.1) is 11.4 Å². The Kier molecular flexibility index (Phi) is 4.75. The molecule has 140 valence electrons. The summed E-state index contributed by atoms with van der Waals surface area (Å²) in [5.74, 6) is -0.316. The fraction of sp³-hybridized carbons (Fsp3) is 0.0455. The molecule has 0 saturated carbocycles. The number of hydrogen-bond acceptors (Lipinski definition) is 1. The first-order chi connectivity index (χ1) is 13.5. The number of hydrogen-bond donors (Lipinski definition) is 3. The van der Waals surface area contributed by atoms with Gasteiger partial charge in [-0.1, -0.05) is 35.9 Å². The number of aromatic amines is 1. The van der Waals surface area contributed by atoms with Gasteiger partial charge in [0.15, 0.2) is 0 Å². The number of carbonyl (C=O) groups is 1. The highest BCUT2D eigenvalue weighted by atomic mass is 35.5. The molecule has 0 aliphatic rings. The summed E-state index contributed by atoms with van der Waals surface area (Å²) in [5, 5.41) is 7.16. The molecule has 0 aliphatic heterocycles. The number of urea groups is 1. The van der Waals surface area contributed by atoms with Crippen molar-refractivity contribution in [2.24, 2.45) is 0 Å². The zero-order valence-corrected chi connectivity index (χ0v) is 15.8. The molecule has 1 aromatic heterocycles. The van der Waals surface area contributed by atoms with Gasteiger partial charge in [-0.3, -0.25) is 0 Å². The molecule has 3 aromatic carbocycles. The summed E-state index contributed by atoms with van der Waals surface area (Å²) >= 11 is 6.03. The predicted molar refractivity (Wildman–Crippen MR) is 113 cm³/mol. The Morgan fingerprint density at radius 2 is 1.75 bits per heavy atom. The van der Waals surface area contributed by atoms with Gasteiger partial charge in [0.1, 0.15) is 5.82 Å². The average molecular weight is 394 g/mol. The third kappa shape index (κ3) is 3.57. The third-order valence-corrected chi connectivity index (χ3v) is 4.76. The van der Waals surface area contributed by atoms with Crippen LogP contribution >= 0.6 is 11.6 Å². The molecule has 0 bridgehead atoms. The molecule has 4 aromatic rings. The first-order valence-corrected chi connectivity index (χ1v) is 9.10. The molecule has 0 aliphatic carbocycles. The second-order valence-corrected chi connectivity index (χ2v) is 6.90. The van der Waals surface area contributed by atoms with Gasteiger partial charge in [0.2, 0.25) is 0 Å². The zero-order chi connectivity index (χ0) is 19.7. The van der Waals surface area contributed by atoms with Crippen molar-refractivity contribution in [2.75, 3.05) is 10.6 Å². The molecule has 0 fully saturated rings. The Morgan fingerprint density at radius 3 is 2.54 bits per heavy atom. The number of benzene rings is 3. The summed E-state index contributed by atoms with van der Waals surface area (Å²) in [4.78, 5) is 16.0. The van der Waals surface area contributed by atoms with Crippen LogP contribution in [0.15, 0.2) is 66.7 Å². The van der Waals surface area contributed by atoms with Gasteiger partial charge in [-0.25, -0.2) is 9.18 Å². The van der Waals surface area contributed by atoms with Crippen molar-refractivity contribution in [1.29, 1.82) is 0 Å². The van der Waals surface area contributed by atoms with E-state index in [9.17, 15) is 9.18 Å². The Labute approximate surface area is 166 Å². The number of amides is 2. The molecule has 0 unspecified atom stereocenters. The molecule has 6 heteroatoms. The normalized spacial score (nSPS) is 10.8. The standard InChI is InChI=1S/C22H17ClFN3O/c1-13-6-9-15(23)12-19(13)26-22(28)27-21-17-4-2-3-5-18(17)25-20(21)14-7-10-16(24)11-8-14/h2-12,25H,1H3,(H2,26,27,28). The molecule has 3 N–H and O–H groups in total. The van der Waals surface area contributed by atoms with E-state index in [1.165, 1.54) is 12.1 Å². The number of H-pyrrole nitrogens is 1. The quantitative estimate of drug-likeness (QED) is 0.361. The molecule has 0 atom stereocenters. The molecule has 2 amide bonds. The molecule has 1 heterocycles. The fourth-order valence-corrected chi connectivity index (χ4v) is 3.27. The molecule has 0 spiro atoms.